The molecule has 146 valence electrons. The molecule has 27 heavy (non-hydrogen) atoms. The van der Waals surface area contributed by atoms with Crippen molar-refractivity contribution in [3.63, 3.8) is 0 Å². The first-order valence-corrected chi connectivity index (χ1v) is 10.4. The number of hydrogen-bond donors (Lipinski definition) is 1. The Hall–Kier alpha value is -1.46. The van der Waals surface area contributed by atoms with Gasteiger partial charge >= 0.3 is 5.97 Å². The van der Waals surface area contributed by atoms with Crippen molar-refractivity contribution in [3.05, 3.63) is 35.6 Å². The molecule has 5 heteroatoms. The topological polar surface area (TPSA) is 55.4 Å². The van der Waals surface area contributed by atoms with Crippen LogP contribution in [0.4, 0.5) is 4.39 Å². The second kappa shape index (κ2) is 6.28. The number of epoxide rings is 1. The number of carbonyl (C=O) groups is 1. The molecule has 2 aliphatic carbocycles. The molecule has 2 aliphatic heterocycles. The third-order valence-electron chi connectivity index (χ3n) is 7.79. The Morgan fingerprint density at radius 1 is 1.26 bits per heavy atom. The van der Waals surface area contributed by atoms with E-state index < -0.39 is 0 Å². The number of hydrogen-bond acceptors (Lipinski definition) is 3. The van der Waals surface area contributed by atoms with Gasteiger partial charge in [-0.05, 0) is 55.6 Å². The third-order valence-corrected chi connectivity index (χ3v) is 7.79. The van der Waals surface area contributed by atoms with Crippen molar-refractivity contribution in [1.82, 2.24) is 0 Å². The Balaban J connectivity index is 1.26. The maximum Gasteiger partial charge on any atom is 0.315 e. The zero-order chi connectivity index (χ0) is 18.6. The van der Waals surface area contributed by atoms with E-state index in [0.29, 0.717) is 11.8 Å². The van der Waals surface area contributed by atoms with Gasteiger partial charge in [0.05, 0.1) is 18.8 Å². The Kier molecular flexibility index (Phi) is 4.10. The second-order valence-corrected chi connectivity index (χ2v) is 9.45. The highest BCUT2D eigenvalue weighted by Crippen LogP contribution is 2.62. The summed E-state index contributed by atoms with van der Waals surface area (Å²) in [5, 5.41) is 2.17. The molecule has 6 atom stereocenters. The predicted molar refractivity (Wildman–Crippen MR) is 97.1 cm³/mol. The van der Waals surface area contributed by atoms with E-state index in [2.05, 4.69) is 12.2 Å². The number of esters is 1. The molecular formula is C22H29FNO3+. The molecule has 4 fully saturated rings. The number of rotatable bonds is 4. The molecule has 2 N–H and O–H groups in total. The Bertz CT molecular complexity index is 732. The molecule has 0 aromatic heterocycles. The van der Waals surface area contributed by atoms with E-state index in [1.54, 1.807) is 0 Å². The fourth-order valence-electron chi connectivity index (χ4n) is 6.28. The van der Waals surface area contributed by atoms with E-state index in [0.717, 1.165) is 38.1 Å². The minimum atomic E-state index is -0.213. The molecule has 2 saturated carbocycles. The molecule has 2 saturated heterocycles. The molecule has 1 spiro atoms. The lowest BCUT2D eigenvalue weighted by molar-refractivity contribution is -0.675. The van der Waals surface area contributed by atoms with E-state index in [4.69, 9.17) is 9.47 Å². The standard InChI is InChI=1S/C22H28FNO3/c1-21-7-2-8-22(13-26-22)19(21)9-16-17(20(25)27-18(16)10-21)12-24-11-14-3-5-15(23)6-4-14/h3-6,16-19,24H,2,7-13H2,1H3/p+1/t16-,17-,18-,19-,21-,22+/m1/s1. The molecule has 5 rings (SSSR count). The maximum absolute atomic E-state index is 13.0. The first kappa shape index (κ1) is 17.6. The minimum Gasteiger partial charge on any atom is -0.462 e. The van der Waals surface area contributed by atoms with Crippen molar-refractivity contribution in [2.45, 2.75) is 57.3 Å². The zero-order valence-electron chi connectivity index (χ0n) is 16.0. The van der Waals surface area contributed by atoms with E-state index >= 15 is 0 Å². The summed E-state index contributed by atoms with van der Waals surface area (Å²) in [6.45, 7) is 4.80. The lowest BCUT2D eigenvalue weighted by atomic mass is 9.53. The molecular weight excluding hydrogens is 345 g/mol. The van der Waals surface area contributed by atoms with Gasteiger partial charge in [-0.3, -0.25) is 4.79 Å². The van der Waals surface area contributed by atoms with Gasteiger partial charge in [-0.2, -0.15) is 0 Å². The average molecular weight is 374 g/mol. The van der Waals surface area contributed by atoms with Gasteiger partial charge in [0.25, 0.3) is 0 Å². The Labute approximate surface area is 159 Å². The summed E-state index contributed by atoms with van der Waals surface area (Å²) in [4.78, 5) is 12.6. The van der Waals surface area contributed by atoms with Crippen LogP contribution < -0.4 is 5.32 Å². The van der Waals surface area contributed by atoms with Gasteiger partial charge in [0.2, 0.25) is 0 Å². The summed E-state index contributed by atoms with van der Waals surface area (Å²) in [5.41, 5.74) is 1.43. The smallest absolute Gasteiger partial charge is 0.315 e. The van der Waals surface area contributed by atoms with E-state index in [9.17, 15) is 9.18 Å². The summed E-state index contributed by atoms with van der Waals surface area (Å²) in [6.07, 6.45) is 5.77. The minimum absolute atomic E-state index is 0.0200. The van der Waals surface area contributed by atoms with Gasteiger partial charge in [0.15, 0.2) is 0 Å². The van der Waals surface area contributed by atoms with Crippen molar-refractivity contribution < 1.29 is 24.0 Å². The largest absolute Gasteiger partial charge is 0.462 e. The summed E-state index contributed by atoms with van der Waals surface area (Å²) < 4.78 is 24.9. The van der Waals surface area contributed by atoms with Crippen LogP contribution in [0, 0.1) is 29.0 Å². The van der Waals surface area contributed by atoms with Crippen LogP contribution in [0.15, 0.2) is 24.3 Å². The van der Waals surface area contributed by atoms with Crippen LogP contribution in [-0.2, 0) is 20.8 Å². The number of quaternary nitrogens is 1. The number of benzene rings is 1. The number of fused-ring (bicyclic) bond motifs is 3. The van der Waals surface area contributed by atoms with Crippen molar-refractivity contribution in [1.29, 1.82) is 0 Å². The van der Waals surface area contributed by atoms with Crippen LogP contribution in [0.1, 0.15) is 44.6 Å². The summed E-state index contributed by atoms with van der Waals surface area (Å²) in [7, 11) is 0. The summed E-state index contributed by atoms with van der Waals surface area (Å²) in [6, 6.07) is 6.60. The van der Waals surface area contributed by atoms with E-state index in [1.165, 1.54) is 31.4 Å². The molecule has 1 aromatic carbocycles. The van der Waals surface area contributed by atoms with Gasteiger partial charge in [-0.1, -0.05) is 19.1 Å². The van der Waals surface area contributed by atoms with Crippen molar-refractivity contribution in [3.8, 4) is 0 Å². The SMILES string of the molecule is C[C@]12CCC[C@]3(CO3)[C@@H]1C[C@H]1[C@@H](C2)OC(=O)[C@@H]1C[NH2+]Cc1ccc(F)cc1. The highest BCUT2D eigenvalue weighted by atomic mass is 19.1. The van der Waals surface area contributed by atoms with Gasteiger partial charge in [0.1, 0.15) is 24.4 Å². The normalized spacial score (nSPS) is 42.5. The Morgan fingerprint density at radius 3 is 2.78 bits per heavy atom. The molecule has 0 radical (unpaired) electrons. The lowest BCUT2D eigenvalue weighted by Crippen LogP contribution is -2.84. The lowest BCUT2D eigenvalue weighted by Gasteiger charge is -2.51. The first-order chi connectivity index (χ1) is 13.0. The molecule has 0 unspecified atom stereocenters. The summed E-state index contributed by atoms with van der Waals surface area (Å²) >= 11 is 0. The number of ether oxygens (including phenoxy) is 2. The van der Waals surface area contributed by atoms with E-state index in [-0.39, 0.29) is 34.8 Å². The van der Waals surface area contributed by atoms with Gasteiger partial charge in [-0.15, -0.1) is 0 Å². The molecule has 0 amide bonds. The molecule has 4 aliphatic rings. The van der Waals surface area contributed by atoms with Crippen LogP contribution in [-0.4, -0.2) is 30.8 Å². The fraction of sp³-hybridized carbons (Fsp3) is 0.682. The van der Waals surface area contributed by atoms with Gasteiger partial charge < -0.3 is 14.8 Å². The van der Waals surface area contributed by atoms with Crippen molar-refractivity contribution >= 4 is 5.97 Å². The quantitative estimate of drug-likeness (QED) is 0.650. The molecule has 4 nitrogen and oxygen atoms in total. The number of halogens is 1. The monoisotopic (exact) mass is 374 g/mol. The van der Waals surface area contributed by atoms with Crippen LogP contribution in [0.25, 0.3) is 0 Å². The highest BCUT2D eigenvalue weighted by Gasteiger charge is 2.65. The van der Waals surface area contributed by atoms with Crippen molar-refractivity contribution in [2.24, 2.45) is 23.2 Å². The molecule has 1 aromatic rings. The predicted octanol–water partition coefficient (Wildman–Crippen LogP) is 2.42. The molecule has 0 bridgehead atoms. The zero-order valence-corrected chi connectivity index (χ0v) is 16.0. The highest BCUT2D eigenvalue weighted by molar-refractivity contribution is 5.75. The fourth-order valence-corrected chi connectivity index (χ4v) is 6.28. The summed E-state index contributed by atoms with van der Waals surface area (Å²) in [5.74, 6) is 0.620. The van der Waals surface area contributed by atoms with Gasteiger partial charge in [0, 0.05) is 11.5 Å². The Morgan fingerprint density at radius 2 is 2.04 bits per heavy atom. The van der Waals surface area contributed by atoms with Crippen LogP contribution in [0.3, 0.4) is 0 Å². The third kappa shape index (κ3) is 2.99. The first-order valence-electron chi connectivity index (χ1n) is 10.4. The van der Waals surface area contributed by atoms with Crippen LogP contribution in [0.5, 0.6) is 0 Å². The second-order valence-electron chi connectivity index (χ2n) is 9.45. The van der Waals surface area contributed by atoms with Crippen LogP contribution in [0.2, 0.25) is 0 Å². The average Bonchev–Trinajstić information content (AvgIpc) is 3.33. The van der Waals surface area contributed by atoms with E-state index in [1.807, 2.05) is 12.1 Å². The number of nitrogens with two attached hydrogens (primary N) is 1. The van der Waals surface area contributed by atoms with Gasteiger partial charge in [-0.25, -0.2) is 4.39 Å². The van der Waals surface area contributed by atoms with Crippen LogP contribution >= 0.6 is 0 Å². The van der Waals surface area contributed by atoms with Crippen molar-refractivity contribution in [2.75, 3.05) is 13.2 Å². The number of carbonyl (C=O) groups excluding carboxylic acids is 1. The maximum atomic E-state index is 13.0. The molecule has 2 heterocycles.